The Labute approximate surface area is 138 Å². The molecule has 1 amide bonds. The zero-order chi connectivity index (χ0) is 16.9. The van der Waals surface area contributed by atoms with Gasteiger partial charge in [-0.25, -0.2) is 4.68 Å². The number of anilines is 1. The molecule has 6 nitrogen and oxygen atoms in total. The van der Waals surface area contributed by atoms with Crippen molar-refractivity contribution in [1.29, 1.82) is 0 Å². The average molecular weight is 320 g/mol. The maximum Gasteiger partial charge on any atom is 0.267 e. The number of carbonyl (C=O) groups excluding carboxylic acids is 1. The maximum atomic E-state index is 12.4. The number of hydrogen-bond donors (Lipinski definition) is 1. The third-order valence-electron chi connectivity index (χ3n) is 3.59. The van der Waals surface area contributed by atoms with Crippen molar-refractivity contribution in [3.63, 3.8) is 0 Å². The number of aromatic nitrogens is 3. The zero-order valence-corrected chi connectivity index (χ0v) is 13.1. The van der Waals surface area contributed by atoms with Crippen LogP contribution >= 0.6 is 0 Å². The fraction of sp³-hybridized carbons (Fsp3) is 0.111. The van der Waals surface area contributed by atoms with Crippen LogP contribution < -0.4 is 10.9 Å². The Hall–Kier alpha value is -3.28. The normalized spacial score (nSPS) is 11.7. The topological polar surface area (TPSA) is 76.9 Å². The Morgan fingerprint density at radius 3 is 2.46 bits per heavy atom. The van der Waals surface area contributed by atoms with Gasteiger partial charge in [0.1, 0.15) is 6.04 Å². The molecule has 24 heavy (non-hydrogen) atoms. The van der Waals surface area contributed by atoms with Crippen LogP contribution in [0.1, 0.15) is 13.0 Å². The Morgan fingerprint density at radius 2 is 1.75 bits per heavy atom. The Balaban J connectivity index is 1.88. The highest BCUT2D eigenvalue weighted by molar-refractivity contribution is 5.93. The molecule has 0 saturated carbocycles. The minimum atomic E-state index is -0.741. The Bertz CT molecular complexity index is 892. The van der Waals surface area contributed by atoms with Crippen LogP contribution in [0, 0.1) is 0 Å². The van der Waals surface area contributed by atoms with Crippen molar-refractivity contribution in [3.8, 4) is 11.3 Å². The summed E-state index contributed by atoms with van der Waals surface area (Å²) in [6.45, 7) is 1.64. The van der Waals surface area contributed by atoms with Crippen molar-refractivity contribution in [1.82, 2.24) is 14.8 Å². The number of carbonyl (C=O) groups is 1. The van der Waals surface area contributed by atoms with E-state index in [-0.39, 0.29) is 11.5 Å². The van der Waals surface area contributed by atoms with Gasteiger partial charge in [-0.05, 0) is 25.1 Å². The van der Waals surface area contributed by atoms with Gasteiger partial charge in [-0.1, -0.05) is 30.3 Å². The van der Waals surface area contributed by atoms with Crippen LogP contribution in [0.15, 0.2) is 71.8 Å². The van der Waals surface area contributed by atoms with E-state index < -0.39 is 6.04 Å². The lowest BCUT2D eigenvalue weighted by Gasteiger charge is -2.15. The van der Waals surface area contributed by atoms with E-state index in [1.807, 2.05) is 30.3 Å². The molecule has 3 aromatic rings. The van der Waals surface area contributed by atoms with Gasteiger partial charge in [-0.3, -0.25) is 14.6 Å². The van der Waals surface area contributed by atoms with Gasteiger partial charge >= 0.3 is 0 Å². The van der Waals surface area contributed by atoms with Gasteiger partial charge < -0.3 is 5.32 Å². The predicted octanol–water partition coefficient (Wildman–Crippen LogP) is 2.51. The smallest absolute Gasteiger partial charge is 0.267 e. The van der Waals surface area contributed by atoms with Gasteiger partial charge in [0.15, 0.2) is 0 Å². The molecule has 0 unspecified atom stereocenters. The standard InChI is InChI=1S/C18H16N4O2/c1-13(18(24)20-15-9-11-19-12-10-15)22-17(23)8-7-16(21-22)14-5-3-2-4-6-14/h2-13H,1H3,(H,19,20,24)/t13-/m0/s1. The van der Waals surface area contributed by atoms with E-state index in [2.05, 4.69) is 15.4 Å². The highest BCUT2D eigenvalue weighted by atomic mass is 16.2. The fourth-order valence-corrected chi connectivity index (χ4v) is 2.26. The summed E-state index contributed by atoms with van der Waals surface area (Å²) in [5.41, 5.74) is 1.81. The number of rotatable bonds is 4. The largest absolute Gasteiger partial charge is 0.324 e. The highest BCUT2D eigenvalue weighted by Gasteiger charge is 2.18. The summed E-state index contributed by atoms with van der Waals surface area (Å²) < 4.78 is 1.19. The van der Waals surface area contributed by atoms with Gasteiger partial charge in [0.25, 0.3) is 5.56 Å². The second-order valence-electron chi connectivity index (χ2n) is 5.27. The third kappa shape index (κ3) is 3.38. The van der Waals surface area contributed by atoms with Gasteiger partial charge in [0.05, 0.1) is 5.69 Å². The monoisotopic (exact) mass is 320 g/mol. The molecule has 0 bridgehead atoms. The second-order valence-corrected chi connectivity index (χ2v) is 5.27. The van der Waals surface area contributed by atoms with Crippen LogP contribution in [-0.2, 0) is 4.79 Å². The summed E-state index contributed by atoms with van der Waals surface area (Å²) in [6.07, 6.45) is 3.17. The number of amides is 1. The van der Waals surface area contributed by atoms with E-state index in [1.54, 1.807) is 37.5 Å². The molecule has 0 spiro atoms. The lowest BCUT2D eigenvalue weighted by atomic mass is 10.1. The molecular weight excluding hydrogens is 304 g/mol. The molecule has 1 N–H and O–H groups in total. The average Bonchev–Trinajstić information content (AvgIpc) is 2.63. The summed E-state index contributed by atoms with van der Waals surface area (Å²) in [4.78, 5) is 28.4. The first-order valence-corrected chi connectivity index (χ1v) is 7.51. The second kappa shape index (κ2) is 6.87. The maximum absolute atomic E-state index is 12.4. The highest BCUT2D eigenvalue weighted by Crippen LogP contribution is 2.15. The Morgan fingerprint density at radius 1 is 1.04 bits per heavy atom. The summed E-state index contributed by atoms with van der Waals surface area (Å²) in [5.74, 6) is -0.319. The van der Waals surface area contributed by atoms with Gasteiger partial charge in [0, 0.05) is 29.7 Å². The third-order valence-corrected chi connectivity index (χ3v) is 3.59. The summed E-state index contributed by atoms with van der Waals surface area (Å²) in [6, 6.07) is 15.2. The molecule has 0 fully saturated rings. The molecular formula is C18H16N4O2. The van der Waals surface area contributed by atoms with Crippen LogP contribution in [-0.4, -0.2) is 20.7 Å². The molecule has 2 aromatic heterocycles. The molecule has 0 saturated heterocycles. The summed E-state index contributed by atoms with van der Waals surface area (Å²) in [7, 11) is 0. The summed E-state index contributed by atoms with van der Waals surface area (Å²) in [5, 5.41) is 7.08. The molecule has 3 rings (SSSR count). The van der Waals surface area contributed by atoms with Crippen molar-refractivity contribution < 1.29 is 4.79 Å². The van der Waals surface area contributed by atoms with E-state index in [1.165, 1.54) is 10.7 Å². The number of pyridine rings is 1. The van der Waals surface area contributed by atoms with Gasteiger partial charge in [0.2, 0.25) is 5.91 Å². The van der Waals surface area contributed by atoms with Crippen molar-refractivity contribution >= 4 is 11.6 Å². The van der Waals surface area contributed by atoms with Crippen molar-refractivity contribution in [2.45, 2.75) is 13.0 Å². The summed E-state index contributed by atoms with van der Waals surface area (Å²) >= 11 is 0. The van der Waals surface area contributed by atoms with Crippen LogP contribution in [0.2, 0.25) is 0 Å². The zero-order valence-electron chi connectivity index (χ0n) is 13.1. The number of nitrogens with one attached hydrogen (secondary N) is 1. The van der Waals surface area contributed by atoms with Crippen molar-refractivity contribution in [2.75, 3.05) is 5.32 Å². The first-order chi connectivity index (χ1) is 11.6. The van der Waals surface area contributed by atoms with E-state index in [4.69, 9.17) is 0 Å². The van der Waals surface area contributed by atoms with Crippen molar-refractivity contribution in [3.05, 3.63) is 77.3 Å². The fourth-order valence-electron chi connectivity index (χ4n) is 2.26. The molecule has 0 aliphatic heterocycles. The quantitative estimate of drug-likeness (QED) is 0.801. The minimum Gasteiger partial charge on any atom is -0.324 e. The van der Waals surface area contributed by atoms with E-state index in [9.17, 15) is 9.59 Å². The van der Waals surface area contributed by atoms with Gasteiger partial charge in [-0.2, -0.15) is 5.10 Å². The van der Waals surface area contributed by atoms with Gasteiger partial charge in [-0.15, -0.1) is 0 Å². The molecule has 1 aromatic carbocycles. The molecule has 2 heterocycles. The van der Waals surface area contributed by atoms with Crippen LogP contribution in [0.4, 0.5) is 5.69 Å². The lowest BCUT2D eigenvalue weighted by molar-refractivity contribution is -0.119. The SMILES string of the molecule is C[C@@H](C(=O)Nc1ccncc1)n1nc(-c2ccccc2)ccc1=O. The van der Waals surface area contributed by atoms with Crippen LogP contribution in [0.25, 0.3) is 11.3 Å². The molecule has 6 heteroatoms. The molecule has 120 valence electrons. The number of benzene rings is 1. The van der Waals surface area contributed by atoms with Crippen LogP contribution in [0.5, 0.6) is 0 Å². The van der Waals surface area contributed by atoms with Crippen LogP contribution in [0.3, 0.4) is 0 Å². The van der Waals surface area contributed by atoms with E-state index in [0.717, 1.165) is 5.56 Å². The molecule has 1 atom stereocenters. The molecule has 0 aliphatic rings. The lowest BCUT2D eigenvalue weighted by Crippen LogP contribution is -2.33. The molecule has 0 radical (unpaired) electrons. The first-order valence-electron chi connectivity index (χ1n) is 7.51. The van der Waals surface area contributed by atoms with Crippen molar-refractivity contribution in [2.24, 2.45) is 0 Å². The Kier molecular flexibility index (Phi) is 4.47. The van der Waals surface area contributed by atoms with E-state index >= 15 is 0 Å². The van der Waals surface area contributed by atoms with E-state index in [0.29, 0.717) is 11.4 Å². The number of hydrogen-bond acceptors (Lipinski definition) is 4. The molecule has 0 aliphatic carbocycles. The predicted molar refractivity (Wildman–Crippen MR) is 91.5 cm³/mol. The first kappa shape index (κ1) is 15.6. The number of nitrogens with zero attached hydrogens (tertiary/aromatic N) is 3. The minimum absolute atomic E-state index is 0.319.